The molecule has 0 saturated heterocycles. The fourth-order valence-corrected chi connectivity index (χ4v) is 4.34. The molecule has 3 unspecified atom stereocenters. The predicted molar refractivity (Wildman–Crippen MR) is 90.5 cm³/mol. The minimum Gasteiger partial charge on any atom is -0.312 e. The van der Waals surface area contributed by atoms with E-state index in [1.54, 1.807) is 4.88 Å². The molecule has 0 bridgehead atoms. The van der Waals surface area contributed by atoms with Crippen LogP contribution in [-0.4, -0.2) is 12.1 Å². The van der Waals surface area contributed by atoms with Crippen LogP contribution in [0.25, 0.3) is 0 Å². The van der Waals surface area contributed by atoms with E-state index >= 15 is 0 Å². The highest BCUT2D eigenvalue weighted by atomic mass is 32.1. The van der Waals surface area contributed by atoms with Crippen LogP contribution >= 0.6 is 11.3 Å². The lowest BCUT2D eigenvalue weighted by atomic mass is 9.70. The maximum Gasteiger partial charge on any atom is 0.00966 e. The van der Waals surface area contributed by atoms with E-state index in [-0.39, 0.29) is 5.54 Å². The first kappa shape index (κ1) is 16.0. The first-order valence-electron chi connectivity index (χ1n) is 8.15. The van der Waals surface area contributed by atoms with Crippen molar-refractivity contribution in [1.82, 2.24) is 5.32 Å². The molecule has 1 fully saturated rings. The van der Waals surface area contributed by atoms with Gasteiger partial charge < -0.3 is 5.32 Å². The van der Waals surface area contributed by atoms with Gasteiger partial charge in [0.1, 0.15) is 0 Å². The zero-order chi connectivity index (χ0) is 14.8. The average Bonchev–Trinajstić information content (AvgIpc) is 2.88. The van der Waals surface area contributed by atoms with Gasteiger partial charge in [-0.25, -0.2) is 0 Å². The maximum atomic E-state index is 3.73. The summed E-state index contributed by atoms with van der Waals surface area (Å²) < 4.78 is 0. The molecule has 2 heteroatoms. The van der Waals surface area contributed by atoms with Gasteiger partial charge in [-0.05, 0) is 81.7 Å². The Kier molecular flexibility index (Phi) is 5.30. The Labute approximate surface area is 129 Å². The summed E-state index contributed by atoms with van der Waals surface area (Å²) in [6.07, 6.45) is 4.18. The molecule has 20 heavy (non-hydrogen) atoms. The van der Waals surface area contributed by atoms with E-state index in [4.69, 9.17) is 0 Å². The van der Waals surface area contributed by atoms with Gasteiger partial charge in [-0.1, -0.05) is 19.9 Å². The molecule has 0 aromatic carbocycles. The summed E-state index contributed by atoms with van der Waals surface area (Å²) in [4.78, 5) is 1.61. The van der Waals surface area contributed by atoms with Crippen LogP contribution in [0.5, 0.6) is 0 Å². The van der Waals surface area contributed by atoms with Crippen LogP contribution in [0, 0.1) is 17.8 Å². The third-order valence-corrected chi connectivity index (χ3v) is 5.78. The minimum absolute atomic E-state index is 0.231. The Bertz CT molecular complexity index is 388. The number of nitrogens with one attached hydrogen (secondary N) is 1. The molecule has 0 amide bonds. The highest BCUT2D eigenvalue weighted by Gasteiger charge is 2.33. The molecule has 1 saturated carbocycles. The summed E-state index contributed by atoms with van der Waals surface area (Å²) in [7, 11) is 0. The van der Waals surface area contributed by atoms with Gasteiger partial charge in [-0.15, -0.1) is 11.3 Å². The lowest BCUT2D eigenvalue weighted by molar-refractivity contribution is 0.184. The van der Waals surface area contributed by atoms with Gasteiger partial charge in [-0.3, -0.25) is 0 Å². The smallest absolute Gasteiger partial charge is 0.00966 e. The Hall–Kier alpha value is -0.340. The number of hydrogen-bond acceptors (Lipinski definition) is 2. The van der Waals surface area contributed by atoms with Gasteiger partial charge in [-0.2, -0.15) is 0 Å². The van der Waals surface area contributed by atoms with Gasteiger partial charge in [0.25, 0.3) is 0 Å². The third-order valence-electron chi connectivity index (χ3n) is 4.78. The van der Waals surface area contributed by atoms with Crippen LogP contribution in [0.1, 0.15) is 64.7 Å². The van der Waals surface area contributed by atoms with E-state index in [2.05, 4.69) is 57.4 Å². The lowest BCUT2D eigenvalue weighted by Crippen LogP contribution is -2.41. The van der Waals surface area contributed by atoms with Crippen LogP contribution in [0.3, 0.4) is 0 Å². The second kappa shape index (κ2) is 6.62. The topological polar surface area (TPSA) is 12.0 Å². The summed E-state index contributed by atoms with van der Waals surface area (Å²) >= 11 is 1.95. The lowest BCUT2D eigenvalue weighted by Gasteiger charge is -2.39. The maximum absolute atomic E-state index is 3.73. The molecule has 1 aliphatic rings. The van der Waals surface area contributed by atoms with Gasteiger partial charge >= 0.3 is 0 Å². The summed E-state index contributed by atoms with van der Waals surface area (Å²) in [5, 5.41) is 5.97. The van der Waals surface area contributed by atoms with E-state index in [0.29, 0.717) is 0 Å². The zero-order valence-corrected chi connectivity index (χ0v) is 14.6. The standard InChI is InChI=1S/C18H31NS/c1-13(2)14-8-9-15(12-19-18(3,4)5)16(11-14)17-7-6-10-20-17/h6-7,10,13-16,19H,8-9,11-12H2,1-5H3. The summed E-state index contributed by atoms with van der Waals surface area (Å²) in [5.74, 6) is 3.32. The molecule has 1 nitrogen and oxygen atoms in total. The molecule has 114 valence electrons. The molecule has 1 heterocycles. The van der Waals surface area contributed by atoms with Gasteiger partial charge in [0.05, 0.1) is 0 Å². The van der Waals surface area contributed by atoms with Crippen molar-refractivity contribution in [1.29, 1.82) is 0 Å². The van der Waals surface area contributed by atoms with Crippen molar-refractivity contribution in [3.63, 3.8) is 0 Å². The van der Waals surface area contributed by atoms with Gasteiger partial charge in [0.2, 0.25) is 0 Å². The van der Waals surface area contributed by atoms with Crippen LogP contribution < -0.4 is 5.32 Å². The largest absolute Gasteiger partial charge is 0.312 e. The monoisotopic (exact) mass is 293 g/mol. The fraction of sp³-hybridized carbons (Fsp3) is 0.778. The van der Waals surface area contributed by atoms with Crippen molar-refractivity contribution in [2.75, 3.05) is 6.54 Å². The van der Waals surface area contributed by atoms with Crippen LogP contribution in [0.4, 0.5) is 0 Å². The minimum atomic E-state index is 0.231. The molecule has 0 aliphatic heterocycles. The molecular formula is C18H31NS. The molecule has 0 spiro atoms. The highest BCUT2D eigenvalue weighted by molar-refractivity contribution is 7.10. The summed E-state index contributed by atoms with van der Waals surface area (Å²) in [6.45, 7) is 12.8. The molecule has 1 aliphatic carbocycles. The molecular weight excluding hydrogens is 262 g/mol. The Morgan fingerprint density at radius 1 is 1.30 bits per heavy atom. The average molecular weight is 294 g/mol. The highest BCUT2D eigenvalue weighted by Crippen LogP contribution is 2.44. The molecule has 2 rings (SSSR count). The van der Waals surface area contributed by atoms with Crippen LogP contribution in [0.15, 0.2) is 17.5 Å². The summed E-state index contributed by atoms with van der Waals surface area (Å²) in [6, 6.07) is 4.56. The SMILES string of the molecule is CC(C)C1CCC(CNC(C)(C)C)C(c2cccs2)C1. The normalized spacial score (nSPS) is 28.0. The Morgan fingerprint density at radius 3 is 2.60 bits per heavy atom. The van der Waals surface area contributed by atoms with Gasteiger partial charge in [0, 0.05) is 10.4 Å². The van der Waals surface area contributed by atoms with E-state index in [9.17, 15) is 0 Å². The second-order valence-electron chi connectivity index (χ2n) is 7.83. The van der Waals surface area contributed by atoms with E-state index in [1.807, 2.05) is 11.3 Å². The quantitative estimate of drug-likeness (QED) is 0.795. The molecule has 3 atom stereocenters. The Morgan fingerprint density at radius 2 is 2.05 bits per heavy atom. The first-order chi connectivity index (χ1) is 9.37. The van der Waals surface area contributed by atoms with E-state index in [0.717, 1.165) is 30.2 Å². The van der Waals surface area contributed by atoms with Gasteiger partial charge in [0.15, 0.2) is 0 Å². The summed E-state index contributed by atoms with van der Waals surface area (Å²) in [5.41, 5.74) is 0.231. The van der Waals surface area contributed by atoms with E-state index in [1.165, 1.54) is 19.3 Å². The zero-order valence-electron chi connectivity index (χ0n) is 13.8. The number of rotatable bonds is 4. The molecule has 1 aromatic rings. The van der Waals surface area contributed by atoms with Crippen molar-refractivity contribution < 1.29 is 0 Å². The van der Waals surface area contributed by atoms with E-state index < -0.39 is 0 Å². The molecule has 1 aromatic heterocycles. The predicted octanol–water partition coefficient (Wildman–Crippen LogP) is 5.29. The van der Waals surface area contributed by atoms with Crippen LogP contribution in [-0.2, 0) is 0 Å². The molecule has 1 N–H and O–H groups in total. The molecule has 0 radical (unpaired) electrons. The van der Waals surface area contributed by atoms with Crippen molar-refractivity contribution in [2.45, 2.75) is 65.3 Å². The van der Waals surface area contributed by atoms with Crippen molar-refractivity contribution >= 4 is 11.3 Å². The number of thiophene rings is 1. The van der Waals surface area contributed by atoms with Crippen LogP contribution in [0.2, 0.25) is 0 Å². The first-order valence-corrected chi connectivity index (χ1v) is 9.03. The number of hydrogen-bond donors (Lipinski definition) is 1. The fourth-order valence-electron chi connectivity index (χ4n) is 3.40. The van der Waals surface area contributed by atoms with Crippen molar-refractivity contribution in [2.24, 2.45) is 17.8 Å². The third kappa shape index (κ3) is 4.33. The second-order valence-corrected chi connectivity index (χ2v) is 8.81. The Balaban J connectivity index is 2.06. The van der Waals surface area contributed by atoms with Crippen molar-refractivity contribution in [3.05, 3.63) is 22.4 Å². The van der Waals surface area contributed by atoms with Crippen molar-refractivity contribution in [3.8, 4) is 0 Å².